The topological polar surface area (TPSA) is 81.1 Å². The van der Waals surface area contributed by atoms with Gasteiger partial charge in [-0.05, 0) is 32.6 Å². The third-order valence-electron chi connectivity index (χ3n) is 4.24. The molecule has 0 bridgehead atoms. The Balaban J connectivity index is 2.70. The first-order valence-electron chi connectivity index (χ1n) is 7.74. The SMILES string of the molecule is CCCC1(C(=O)O)CCCN(C(=O)N(C)CCC(C)O)C1. The summed E-state index contributed by atoms with van der Waals surface area (Å²) in [4.78, 5) is 27.3. The fourth-order valence-electron chi connectivity index (χ4n) is 2.98. The summed E-state index contributed by atoms with van der Waals surface area (Å²) in [6, 6.07) is -0.142. The molecular formula is C15H28N2O4. The summed E-state index contributed by atoms with van der Waals surface area (Å²) in [6.45, 7) is 5.03. The van der Waals surface area contributed by atoms with Crippen LogP contribution in [0.3, 0.4) is 0 Å². The van der Waals surface area contributed by atoms with Crippen LogP contribution >= 0.6 is 0 Å². The van der Waals surface area contributed by atoms with Gasteiger partial charge in [-0.1, -0.05) is 13.3 Å². The summed E-state index contributed by atoms with van der Waals surface area (Å²) in [5.41, 5.74) is -0.798. The zero-order valence-electron chi connectivity index (χ0n) is 13.3. The molecule has 6 nitrogen and oxygen atoms in total. The number of aliphatic hydroxyl groups excluding tert-OH is 1. The molecule has 2 N–H and O–H groups in total. The minimum atomic E-state index is -0.798. The van der Waals surface area contributed by atoms with Gasteiger partial charge in [-0.15, -0.1) is 0 Å². The number of nitrogens with zero attached hydrogens (tertiary/aromatic N) is 2. The smallest absolute Gasteiger partial charge is 0.319 e. The number of rotatable bonds is 6. The van der Waals surface area contributed by atoms with E-state index in [0.29, 0.717) is 32.4 Å². The molecule has 122 valence electrons. The molecule has 1 heterocycles. The van der Waals surface area contributed by atoms with Crippen LogP contribution in [0.1, 0.15) is 46.0 Å². The molecule has 1 aliphatic rings. The van der Waals surface area contributed by atoms with Gasteiger partial charge in [0.05, 0.1) is 11.5 Å². The first-order valence-corrected chi connectivity index (χ1v) is 7.74. The van der Waals surface area contributed by atoms with Gasteiger partial charge >= 0.3 is 12.0 Å². The molecule has 1 aliphatic heterocycles. The molecule has 6 heteroatoms. The van der Waals surface area contributed by atoms with Crippen LogP contribution in [-0.2, 0) is 4.79 Å². The molecule has 0 aromatic heterocycles. The van der Waals surface area contributed by atoms with Crippen LogP contribution in [0.2, 0.25) is 0 Å². The molecular weight excluding hydrogens is 272 g/mol. The maximum atomic E-state index is 12.4. The van der Waals surface area contributed by atoms with Crippen molar-refractivity contribution in [2.45, 2.75) is 52.1 Å². The van der Waals surface area contributed by atoms with Gasteiger partial charge in [0.15, 0.2) is 0 Å². The van der Waals surface area contributed by atoms with Gasteiger partial charge in [-0.25, -0.2) is 4.79 Å². The average molecular weight is 300 g/mol. The molecule has 1 saturated heterocycles. The van der Waals surface area contributed by atoms with Crippen LogP contribution in [-0.4, -0.2) is 64.8 Å². The Hall–Kier alpha value is -1.30. The number of hydrogen-bond donors (Lipinski definition) is 2. The fraction of sp³-hybridized carbons (Fsp3) is 0.867. The molecule has 0 aliphatic carbocycles. The minimum absolute atomic E-state index is 0.142. The zero-order valence-corrected chi connectivity index (χ0v) is 13.3. The molecule has 0 radical (unpaired) electrons. The van der Waals surface area contributed by atoms with Crippen molar-refractivity contribution in [2.75, 3.05) is 26.7 Å². The van der Waals surface area contributed by atoms with Crippen molar-refractivity contribution in [3.63, 3.8) is 0 Å². The van der Waals surface area contributed by atoms with Crippen molar-refractivity contribution in [3.05, 3.63) is 0 Å². The Kier molecular flexibility index (Phi) is 6.45. The molecule has 0 aromatic carbocycles. The number of likely N-dealkylation sites (tertiary alicyclic amines) is 1. The molecule has 2 amide bonds. The van der Waals surface area contributed by atoms with Gasteiger partial charge in [0.25, 0.3) is 0 Å². The number of carbonyl (C=O) groups excluding carboxylic acids is 1. The van der Waals surface area contributed by atoms with Crippen LogP contribution in [0.15, 0.2) is 0 Å². The summed E-state index contributed by atoms with van der Waals surface area (Å²) >= 11 is 0. The lowest BCUT2D eigenvalue weighted by Gasteiger charge is -2.41. The normalized spacial score (nSPS) is 23.7. The highest BCUT2D eigenvalue weighted by Crippen LogP contribution is 2.35. The van der Waals surface area contributed by atoms with E-state index < -0.39 is 17.5 Å². The Labute approximate surface area is 126 Å². The number of aliphatic carboxylic acids is 1. The number of carbonyl (C=O) groups is 2. The number of urea groups is 1. The van der Waals surface area contributed by atoms with Gasteiger partial charge in [0.1, 0.15) is 0 Å². The van der Waals surface area contributed by atoms with Crippen LogP contribution in [0.5, 0.6) is 0 Å². The second-order valence-electron chi connectivity index (χ2n) is 6.20. The Morgan fingerprint density at radius 2 is 2.10 bits per heavy atom. The number of hydrogen-bond acceptors (Lipinski definition) is 3. The second-order valence-corrected chi connectivity index (χ2v) is 6.20. The number of aliphatic hydroxyl groups is 1. The number of piperidine rings is 1. The van der Waals surface area contributed by atoms with Crippen LogP contribution < -0.4 is 0 Å². The van der Waals surface area contributed by atoms with Crippen molar-refractivity contribution >= 4 is 12.0 Å². The van der Waals surface area contributed by atoms with Crippen molar-refractivity contribution in [2.24, 2.45) is 5.41 Å². The van der Waals surface area contributed by atoms with E-state index in [-0.39, 0.29) is 12.6 Å². The van der Waals surface area contributed by atoms with E-state index >= 15 is 0 Å². The third kappa shape index (κ3) is 4.59. The molecule has 1 rings (SSSR count). The first kappa shape index (κ1) is 17.8. The molecule has 2 unspecified atom stereocenters. The summed E-state index contributed by atoms with van der Waals surface area (Å²) in [5.74, 6) is -0.798. The first-order chi connectivity index (χ1) is 9.82. The van der Waals surface area contributed by atoms with Crippen molar-refractivity contribution in [1.29, 1.82) is 0 Å². The maximum Gasteiger partial charge on any atom is 0.319 e. The lowest BCUT2D eigenvalue weighted by Crippen LogP contribution is -2.53. The van der Waals surface area contributed by atoms with E-state index in [2.05, 4.69) is 0 Å². The maximum absolute atomic E-state index is 12.4. The Bertz CT molecular complexity index is 369. The summed E-state index contributed by atoms with van der Waals surface area (Å²) in [6.07, 6.45) is 2.84. The van der Waals surface area contributed by atoms with E-state index in [1.54, 1.807) is 23.8 Å². The molecule has 1 fully saturated rings. The third-order valence-corrected chi connectivity index (χ3v) is 4.24. The van der Waals surface area contributed by atoms with E-state index in [1.807, 2.05) is 6.92 Å². The summed E-state index contributed by atoms with van der Waals surface area (Å²) in [7, 11) is 1.70. The fourth-order valence-corrected chi connectivity index (χ4v) is 2.98. The molecule has 0 spiro atoms. The zero-order chi connectivity index (χ0) is 16.0. The molecule has 2 atom stereocenters. The number of amides is 2. The predicted molar refractivity (Wildman–Crippen MR) is 80.1 cm³/mol. The van der Waals surface area contributed by atoms with E-state index in [4.69, 9.17) is 0 Å². The highest BCUT2D eigenvalue weighted by atomic mass is 16.4. The highest BCUT2D eigenvalue weighted by molar-refractivity contribution is 5.78. The van der Waals surface area contributed by atoms with Crippen LogP contribution in [0.4, 0.5) is 4.79 Å². The van der Waals surface area contributed by atoms with Gasteiger partial charge in [0.2, 0.25) is 0 Å². The molecule has 0 saturated carbocycles. The molecule has 0 aromatic rings. The largest absolute Gasteiger partial charge is 0.481 e. The second kappa shape index (κ2) is 7.64. The Morgan fingerprint density at radius 3 is 2.62 bits per heavy atom. The summed E-state index contributed by atoms with van der Waals surface area (Å²) < 4.78 is 0. The standard InChI is InChI=1S/C15H28N2O4/c1-4-7-15(13(19)20)8-5-9-17(11-15)14(21)16(3)10-6-12(2)18/h12,18H,4-11H2,1-3H3,(H,19,20). The van der Waals surface area contributed by atoms with E-state index in [1.165, 1.54) is 0 Å². The monoisotopic (exact) mass is 300 g/mol. The lowest BCUT2D eigenvalue weighted by molar-refractivity contribution is -0.152. The Morgan fingerprint density at radius 1 is 1.43 bits per heavy atom. The van der Waals surface area contributed by atoms with Crippen molar-refractivity contribution < 1.29 is 19.8 Å². The van der Waals surface area contributed by atoms with E-state index in [9.17, 15) is 19.8 Å². The van der Waals surface area contributed by atoms with Crippen molar-refractivity contribution in [1.82, 2.24) is 9.80 Å². The quantitative estimate of drug-likeness (QED) is 0.783. The highest BCUT2D eigenvalue weighted by Gasteiger charge is 2.43. The number of carboxylic acids is 1. The minimum Gasteiger partial charge on any atom is -0.481 e. The van der Waals surface area contributed by atoms with Crippen molar-refractivity contribution in [3.8, 4) is 0 Å². The van der Waals surface area contributed by atoms with Crippen LogP contribution in [0.25, 0.3) is 0 Å². The molecule has 21 heavy (non-hydrogen) atoms. The summed E-state index contributed by atoms with van der Waals surface area (Å²) in [5, 5.41) is 18.8. The van der Waals surface area contributed by atoms with Crippen LogP contribution in [0, 0.1) is 5.41 Å². The lowest BCUT2D eigenvalue weighted by atomic mass is 9.76. The predicted octanol–water partition coefficient (Wildman–Crippen LogP) is 1.78. The van der Waals surface area contributed by atoms with Gasteiger partial charge in [-0.3, -0.25) is 4.79 Å². The van der Waals surface area contributed by atoms with Gasteiger partial charge in [0, 0.05) is 26.7 Å². The average Bonchev–Trinajstić information content (AvgIpc) is 2.44. The van der Waals surface area contributed by atoms with Gasteiger partial charge < -0.3 is 20.0 Å². The van der Waals surface area contributed by atoms with E-state index in [0.717, 1.165) is 12.8 Å². The van der Waals surface area contributed by atoms with Gasteiger partial charge in [-0.2, -0.15) is 0 Å². The number of carboxylic acid groups (broad SMARTS) is 1.